The van der Waals surface area contributed by atoms with Crippen molar-refractivity contribution in [2.45, 2.75) is 6.23 Å². The summed E-state index contributed by atoms with van der Waals surface area (Å²) in [4.78, 5) is 8.56. The number of benzene rings is 1. The Morgan fingerprint density at radius 2 is 2.06 bits per heavy atom. The molecule has 0 saturated heterocycles. The van der Waals surface area contributed by atoms with Gasteiger partial charge in [0.05, 0.1) is 23.6 Å². The Balaban J connectivity index is 2.46. The Labute approximate surface area is 97.9 Å². The quantitative estimate of drug-likeness (QED) is 0.680. The van der Waals surface area contributed by atoms with Gasteiger partial charge >= 0.3 is 0 Å². The fourth-order valence-corrected chi connectivity index (χ4v) is 1.98. The van der Waals surface area contributed by atoms with Crippen LogP contribution in [0.4, 0.5) is 0 Å². The predicted octanol–water partition coefficient (Wildman–Crippen LogP) is 2.26. The standard InChI is InChI=1S/C13H11N3O/c1-2-12(17)16-8-15-11-7-14-10-6-4-3-5-9(10)13(11)16/h2-8,12,17H,1H2. The lowest BCUT2D eigenvalue weighted by Crippen LogP contribution is -2.03. The van der Waals surface area contributed by atoms with E-state index in [9.17, 15) is 5.11 Å². The van der Waals surface area contributed by atoms with Gasteiger partial charge in [0.1, 0.15) is 5.52 Å². The molecule has 17 heavy (non-hydrogen) atoms. The first-order valence-electron chi connectivity index (χ1n) is 5.32. The highest BCUT2D eigenvalue weighted by molar-refractivity contribution is 6.01. The third-order valence-corrected chi connectivity index (χ3v) is 2.80. The molecular formula is C13H11N3O. The summed E-state index contributed by atoms with van der Waals surface area (Å²) in [7, 11) is 0. The van der Waals surface area contributed by atoms with Crippen LogP contribution in [0.3, 0.4) is 0 Å². The van der Waals surface area contributed by atoms with Gasteiger partial charge in [-0.1, -0.05) is 24.8 Å². The average molecular weight is 225 g/mol. The fourth-order valence-electron chi connectivity index (χ4n) is 1.98. The van der Waals surface area contributed by atoms with Crippen molar-refractivity contribution in [3.63, 3.8) is 0 Å². The van der Waals surface area contributed by atoms with Crippen LogP contribution < -0.4 is 0 Å². The van der Waals surface area contributed by atoms with Crippen molar-refractivity contribution in [3.8, 4) is 0 Å². The molecule has 0 bridgehead atoms. The van der Waals surface area contributed by atoms with E-state index in [1.54, 1.807) is 17.1 Å². The van der Waals surface area contributed by atoms with E-state index < -0.39 is 6.23 Å². The van der Waals surface area contributed by atoms with Crippen LogP contribution in [0.2, 0.25) is 0 Å². The molecule has 0 aliphatic carbocycles. The van der Waals surface area contributed by atoms with E-state index in [1.807, 2.05) is 24.3 Å². The van der Waals surface area contributed by atoms with Gasteiger partial charge in [-0.15, -0.1) is 0 Å². The van der Waals surface area contributed by atoms with Crippen LogP contribution in [0.15, 0.2) is 49.4 Å². The second-order valence-electron chi connectivity index (χ2n) is 3.81. The Bertz CT molecular complexity index is 702. The lowest BCUT2D eigenvalue weighted by Gasteiger charge is -2.09. The first-order chi connectivity index (χ1) is 8.31. The molecule has 0 radical (unpaired) electrons. The second-order valence-corrected chi connectivity index (χ2v) is 3.81. The van der Waals surface area contributed by atoms with Crippen LogP contribution in [0.25, 0.3) is 21.9 Å². The van der Waals surface area contributed by atoms with Gasteiger partial charge in [0.2, 0.25) is 0 Å². The maximum absolute atomic E-state index is 9.86. The molecule has 3 aromatic rings. The van der Waals surface area contributed by atoms with E-state index in [0.717, 1.165) is 21.9 Å². The van der Waals surface area contributed by atoms with Gasteiger partial charge in [-0.05, 0) is 12.1 Å². The van der Waals surface area contributed by atoms with Crippen LogP contribution >= 0.6 is 0 Å². The van der Waals surface area contributed by atoms with E-state index in [2.05, 4.69) is 16.5 Å². The summed E-state index contributed by atoms with van der Waals surface area (Å²) >= 11 is 0. The van der Waals surface area contributed by atoms with Crippen molar-refractivity contribution in [2.24, 2.45) is 0 Å². The smallest absolute Gasteiger partial charge is 0.151 e. The number of aliphatic hydroxyl groups is 1. The van der Waals surface area contributed by atoms with E-state index in [1.165, 1.54) is 6.08 Å². The van der Waals surface area contributed by atoms with Crippen molar-refractivity contribution in [3.05, 3.63) is 49.4 Å². The Hall–Kier alpha value is -2.20. The Kier molecular flexibility index (Phi) is 2.16. The third kappa shape index (κ3) is 1.42. The number of imidazole rings is 1. The molecule has 1 unspecified atom stereocenters. The molecular weight excluding hydrogens is 214 g/mol. The fraction of sp³-hybridized carbons (Fsp3) is 0.0769. The molecule has 84 valence electrons. The molecule has 0 aliphatic heterocycles. The summed E-state index contributed by atoms with van der Waals surface area (Å²) < 4.78 is 1.69. The Morgan fingerprint density at radius 1 is 1.24 bits per heavy atom. The molecule has 0 spiro atoms. The number of hydrogen-bond donors (Lipinski definition) is 1. The first kappa shape index (κ1) is 9.99. The summed E-state index contributed by atoms with van der Waals surface area (Å²) in [5.74, 6) is 0. The maximum atomic E-state index is 9.86. The van der Waals surface area contributed by atoms with E-state index in [4.69, 9.17) is 0 Å². The lowest BCUT2D eigenvalue weighted by molar-refractivity contribution is 0.159. The lowest BCUT2D eigenvalue weighted by atomic mass is 10.2. The minimum atomic E-state index is -0.772. The summed E-state index contributed by atoms with van der Waals surface area (Å²) in [6.45, 7) is 3.59. The van der Waals surface area contributed by atoms with Crippen LogP contribution in [0.5, 0.6) is 0 Å². The average Bonchev–Trinajstić information content (AvgIpc) is 2.82. The normalized spacial score (nSPS) is 13.0. The van der Waals surface area contributed by atoms with Gasteiger partial charge in [-0.25, -0.2) is 4.98 Å². The first-order valence-corrected chi connectivity index (χ1v) is 5.32. The van der Waals surface area contributed by atoms with Crippen molar-refractivity contribution >= 4 is 21.9 Å². The van der Waals surface area contributed by atoms with Gasteiger partial charge in [-0.2, -0.15) is 0 Å². The molecule has 1 aromatic carbocycles. The number of para-hydroxylation sites is 1. The summed E-state index contributed by atoms with van der Waals surface area (Å²) in [5.41, 5.74) is 2.53. The molecule has 3 rings (SSSR count). The number of fused-ring (bicyclic) bond motifs is 3. The number of rotatable bonds is 2. The molecule has 0 aliphatic rings. The van der Waals surface area contributed by atoms with Crippen molar-refractivity contribution in [1.82, 2.24) is 14.5 Å². The monoisotopic (exact) mass is 225 g/mol. The van der Waals surface area contributed by atoms with E-state index >= 15 is 0 Å². The molecule has 4 heteroatoms. The molecule has 4 nitrogen and oxygen atoms in total. The van der Waals surface area contributed by atoms with Gasteiger partial charge in [0.15, 0.2) is 6.23 Å². The molecule has 0 saturated carbocycles. The molecule has 1 atom stereocenters. The van der Waals surface area contributed by atoms with Crippen molar-refractivity contribution in [2.75, 3.05) is 0 Å². The molecule has 2 aromatic heterocycles. The van der Waals surface area contributed by atoms with Gasteiger partial charge in [0, 0.05) is 5.39 Å². The van der Waals surface area contributed by atoms with Gasteiger partial charge in [-0.3, -0.25) is 9.55 Å². The zero-order valence-electron chi connectivity index (χ0n) is 9.11. The SMILES string of the molecule is C=CC(O)n1cnc2cnc3ccccc3c21. The zero-order valence-corrected chi connectivity index (χ0v) is 9.11. The zero-order chi connectivity index (χ0) is 11.8. The minimum Gasteiger partial charge on any atom is -0.370 e. The van der Waals surface area contributed by atoms with E-state index in [0.29, 0.717) is 0 Å². The highest BCUT2D eigenvalue weighted by Gasteiger charge is 2.11. The number of pyridine rings is 1. The number of aliphatic hydroxyl groups excluding tert-OH is 1. The molecule has 0 fully saturated rings. The minimum absolute atomic E-state index is 0.768. The number of nitrogens with zero attached hydrogens (tertiary/aromatic N) is 3. The van der Waals surface area contributed by atoms with Gasteiger partial charge < -0.3 is 5.11 Å². The Morgan fingerprint density at radius 3 is 2.88 bits per heavy atom. The maximum Gasteiger partial charge on any atom is 0.151 e. The molecule has 1 N–H and O–H groups in total. The second kappa shape index (κ2) is 3.68. The van der Waals surface area contributed by atoms with Crippen LogP contribution in [-0.4, -0.2) is 19.6 Å². The van der Waals surface area contributed by atoms with Crippen LogP contribution in [0, 0.1) is 0 Å². The van der Waals surface area contributed by atoms with E-state index in [-0.39, 0.29) is 0 Å². The predicted molar refractivity (Wildman–Crippen MR) is 66.5 cm³/mol. The molecule has 2 heterocycles. The third-order valence-electron chi connectivity index (χ3n) is 2.80. The van der Waals surface area contributed by atoms with Crippen molar-refractivity contribution in [1.29, 1.82) is 0 Å². The highest BCUT2D eigenvalue weighted by atomic mass is 16.3. The summed E-state index contributed by atoms with van der Waals surface area (Å²) in [5, 5.41) is 10.8. The highest BCUT2D eigenvalue weighted by Crippen LogP contribution is 2.24. The van der Waals surface area contributed by atoms with Crippen molar-refractivity contribution < 1.29 is 5.11 Å². The largest absolute Gasteiger partial charge is 0.370 e. The van der Waals surface area contributed by atoms with Gasteiger partial charge in [0.25, 0.3) is 0 Å². The molecule has 0 amide bonds. The van der Waals surface area contributed by atoms with Crippen LogP contribution in [-0.2, 0) is 0 Å². The topological polar surface area (TPSA) is 50.9 Å². The number of aromatic nitrogens is 3. The number of hydrogen-bond acceptors (Lipinski definition) is 3. The summed E-state index contributed by atoms with van der Waals surface area (Å²) in [6, 6.07) is 7.79. The summed E-state index contributed by atoms with van der Waals surface area (Å²) in [6.07, 6.45) is 4.01. The van der Waals surface area contributed by atoms with Crippen LogP contribution in [0.1, 0.15) is 6.23 Å².